The summed E-state index contributed by atoms with van der Waals surface area (Å²) in [5.41, 5.74) is 0.835. The van der Waals surface area contributed by atoms with Crippen LogP contribution in [0.2, 0.25) is 5.02 Å². The summed E-state index contributed by atoms with van der Waals surface area (Å²) in [5.74, 6) is 0.727. The number of nitrogens with zero attached hydrogens (tertiary/aromatic N) is 1. The zero-order chi connectivity index (χ0) is 20.5. The molecular weight excluding hydrogens is 380 g/mol. The average Bonchev–Trinajstić information content (AvgIpc) is 2.70. The van der Waals surface area contributed by atoms with Crippen LogP contribution in [0.3, 0.4) is 0 Å². The lowest BCUT2D eigenvalue weighted by molar-refractivity contribution is -0.142. The molecule has 1 N–H and O–H groups in total. The summed E-state index contributed by atoms with van der Waals surface area (Å²) in [6.45, 7) is 4.09. The van der Waals surface area contributed by atoms with E-state index in [0.717, 1.165) is 5.56 Å². The second-order valence-corrected chi connectivity index (χ2v) is 6.62. The standard InChI is InChI=1S/C21H25ClN2O4/c1-4-23-21(26)15(2)24(13-16-6-5-7-17(22)12-16)20(25)14-28-19-10-8-18(27-3)9-11-19/h5-12,15H,4,13-14H2,1-3H3,(H,23,26). The number of ether oxygens (including phenoxy) is 2. The minimum Gasteiger partial charge on any atom is -0.497 e. The van der Waals surface area contributed by atoms with Crippen LogP contribution < -0.4 is 14.8 Å². The van der Waals surface area contributed by atoms with Crippen molar-refractivity contribution in [2.75, 3.05) is 20.3 Å². The summed E-state index contributed by atoms with van der Waals surface area (Å²) in [6, 6.07) is 13.5. The number of benzene rings is 2. The van der Waals surface area contributed by atoms with Crippen LogP contribution in [-0.2, 0) is 16.1 Å². The average molecular weight is 405 g/mol. The van der Waals surface area contributed by atoms with Crippen LogP contribution in [0.1, 0.15) is 19.4 Å². The van der Waals surface area contributed by atoms with E-state index in [0.29, 0.717) is 23.1 Å². The molecule has 2 aromatic carbocycles. The molecular formula is C21H25ClN2O4. The van der Waals surface area contributed by atoms with E-state index >= 15 is 0 Å². The van der Waals surface area contributed by atoms with Crippen molar-refractivity contribution in [1.29, 1.82) is 0 Å². The zero-order valence-electron chi connectivity index (χ0n) is 16.3. The molecule has 0 fully saturated rings. The number of rotatable bonds is 9. The van der Waals surface area contributed by atoms with Gasteiger partial charge in [0, 0.05) is 18.1 Å². The summed E-state index contributed by atoms with van der Waals surface area (Å²) >= 11 is 6.05. The molecule has 0 radical (unpaired) electrons. The number of halogens is 1. The van der Waals surface area contributed by atoms with Gasteiger partial charge in [0.25, 0.3) is 5.91 Å². The number of hydrogen-bond donors (Lipinski definition) is 1. The lowest BCUT2D eigenvalue weighted by Gasteiger charge is -2.28. The predicted octanol–water partition coefficient (Wildman–Crippen LogP) is 3.28. The normalized spacial score (nSPS) is 11.4. The molecule has 0 spiro atoms. The smallest absolute Gasteiger partial charge is 0.261 e. The van der Waals surface area contributed by atoms with E-state index in [9.17, 15) is 9.59 Å². The van der Waals surface area contributed by atoms with Crippen molar-refractivity contribution in [1.82, 2.24) is 10.2 Å². The molecule has 28 heavy (non-hydrogen) atoms. The number of hydrogen-bond acceptors (Lipinski definition) is 4. The minimum atomic E-state index is -0.647. The van der Waals surface area contributed by atoms with Gasteiger partial charge in [0.15, 0.2) is 6.61 Å². The van der Waals surface area contributed by atoms with Gasteiger partial charge in [-0.3, -0.25) is 9.59 Å². The second kappa shape index (κ2) is 10.6. The Morgan fingerprint density at radius 2 is 1.82 bits per heavy atom. The third kappa shape index (κ3) is 6.16. The van der Waals surface area contributed by atoms with Crippen LogP contribution in [0.5, 0.6) is 11.5 Å². The largest absolute Gasteiger partial charge is 0.497 e. The van der Waals surface area contributed by atoms with E-state index in [2.05, 4.69) is 5.32 Å². The Morgan fingerprint density at radius 3 is 2.43 bits per heavy atom. The van der Waals surface area contributed by atoms with E-state index < -0.39 is 6.04 Å². The molecule has 2 amide bonds. The number of amides is 2. The Labute approximate surface area is 170 Å². The molecule has 1 unspecified atom stereocenters. The molecule has 7 heteroatoms. The third-order valence-electron chi connectivity index (χ3n) is 4.18. The van der Waals surface area contributed by atoms with Crippen LogP contribution in [0.4, 0.5) is 0 Å². The highest BCUT2D eigenvalue weighted by molar-refractivity contribution is 6.30. The Kier molecular flexibility index (Phi) is 8.14. The molecule has 0 saturated carbocycles. The van der Waals surface area contributed by atoms with Gasteiger partial charge in [0.1, 0.15) is 17.5 Å². The topological polar surface area (TPSA) is 67.9 Å². The molecule has 0 heterocycles. The van der Waals surface area contributed by atoms with Crippen LogP contribution in [-0.4, -0.2) is 43.0 Å². The quantitative estimate of drug-likeness (QED) is 0.696. The van der Waals surface area contributed by atoms with Crippen molar-refractivity contribution in [2.24, 2.45) is 0 Å². The van der Waals surface area contributed by atoms with Gasteiger partial charge in [-0.05, 0) is 55.8 Å². The Morgan fingerprint density at radius 1 is 1.14 bits per heavy atom. The SMILES string of the molecule is CCNC(=O)C(C)N(Cc1cccc(Cl)c1)C(=O)COc1ccc(OC)cc1. The lowest BCUT2D eigenvalue weighted by atomic mass is 10.1. The van der Waals surface area contributed by atoms with Crippen molar-refractivity contribution in [3.63, 3.8) is 0 Å². The predicted molar refractivity (Wildman–Crippen MR) is 109 cm³/mol. The first-order valence-electron chi connectivity index (χ1n) is 9.03. The number of likely N-dealkylation sites (N-methyl/N-ethyl adjacent to an activating group) is 1. The zero-order valence-corrected chi connectivity index (χ0v) is 17.0. The molecule has 0 aliphatic heterocycles. The maximum atomic E-state index is 12.8. The van der Waals surface area contributed by atoms with Gasteiger partial charge in [0.2, 0.25) is 5.91 Å². The van der Waals surface area contributed by atoms with Gasteiger partial charge in [-0.2, -0.15) is 0 Å². The molecule has 6 nitrogen and oxygen atoms in total. The van der Waals surface area contributed by atoms with Gasteiger partial charge in [-0.15, -0.1) is 0 Å². The van der Waals surface area contributed by atoms with Crippen molar-refractivity contribution < 1.29 is 19.1 Å². The minimum absolute atomic E-state index is 0.184. The third-order valence-corrected chi connectivity index (χ3v) is 4.42. The van der Waals surface area contributed by atoms with Crippen LogP contribution in [0.15, 0.2) is 48.5 Å². The first-order valence-corrected chi connectivity index (χ1v) is 9.40. The highest BCUT2D eigenvalue weighted by Crippen LogP contribution is 2.18. The summed E-state index contributed by atoms with van der Waals surface area (Å²) in [7, 11) is 1.58. The van der Waals surface area contributed by atoms with Gasteiger partial charge in [-0.25, -0.2) is 0 Å². The number of nitrogens with one attached hydrogen (secondary N) is 1. The Balaban J connectivity index is 2.11. The summed E-state index contributed by atoms with van der Waals surface area (Å²) in [5, 5.41) is 3.32. The molecule has 1 atom stereocenters. The van der Waals surface area contributed by atoms with E-state index in [1.165, 1.54) is 4.90 Å². The molecule has 0 bridgehead atoms. The number of carbonyl (C=O) groups excluding carboxylic acids is 2. The molecule has 150 valence electrons. The first kappa shape index (κ1) is 21.6. The maximum absolute atomic E-state index is 12.8. The maximum Gasteiger partial charge on any atom is 0.261 e. The van der Waals surface area contributed by atoms with Crippen molar-refractivity contribution in [3.05, 3.63) is 59.1 Å². The van der Waals surface area contributed by atoms with E-state index in [1.807, 2.05) is 19.1 Å². The summed E-state index contributed by atoms with van der Waals surface area (Å²) in [4.78, 5) is 26.6. The van der Waals surface area contributed by atoms with Crippen LogP contribution >= 0.6 is 11.6 Å². The second-order valence-electron chi connectivity index (χ2n) is 6.19. The number of carbonyl (C=O) groups is 2. The molecule has 0 aromatic heterocycles. The summed E-state index contributed by atoms with van der Waals surface area (Å²) in [6.07, 6.45) is 0. The fourth-order valence-electron chi connectivity index (χ4n) is 2.64. The van der Waals surface area contributed by atoms with Crippen molar-refractivity contribution in [3.8, 4) is 11.5 Å². The first-order chi connectivity index (χ1) is 13.4. The van der Waals surface area contributed by atoms with Gasteiger partial charge in [0.05, 0.1) is 7.11 Å². The van der Waals surface area contributed by atoms with E-state index in [4.69, 9.17) is 21.1 Å². The Bertz CT molecular complexity index is 795. The van der Waals surface area contributed by atoms with Crippen LogP contribution in [0.25, 0.3) is 0 Å². The van der Waals surface area contributed by atoms with Gasteiger partial charge in [-0.1, -0.05) is 23.7 Å². The van der Waals surface area contributed by atoms with E-state index in [-0.39, 0.29) is 25.0 Å². The van der Waals surface area contributed by atoms with Crippen molar-refractivity contribution >= 4 is 23.4 Å². The molecule has 0 aliphatic rings. The van der Waals surface area contributed by atoms with Gasteiger partial charge < -0.3 is 19.7 Å². The van der Waals surface area contributed by atoms with E-state index in [1.54, 1.807) is 50.4 Å². The molecule has 2 aromatic rings. The fourth-order valence-corrected chi connectivity index (χ4v) is 2.85. The summed E-state index contributed by atoms with van der Waals surface area (Å²) < 4.78 is 10.7. The molecule has 0 aliphatic carbocycles. The molecule has 2 rings (SSSR count). The number of methoxy groups -OCH3 is 1. The monoisotopic (exact) mass is 404 g/mol. The lowest BCUT2D eigenvalue weighted by Crippen LogP contribution is -2.49. The van der Waals surface area contributed by atoms with Gasteiger partial charge >= 0.3 is 0 Å². The Hall–Kier alpha value is -2.73. The fraction of sp³-hybridized carbons (Fsp3) is 0.333. The highest BCUT2D eigenvalue weighted by Gasteiger charge is 2.26. The molecule has 0 saturated heterocycles. The van der Waals surface area contributed by atoms with Crippen molar-refractivity contribution in [2.45, 2.75) is 26.4 Å². The highest BCUT2D eigenvalue weighted by atomic mass is 35.5. The van der Waals surface area contributed by atoms with Crippen LogP contribution in [0, 0.1) is 0 Å².